The van der Waals surface area contributed by atoms with Crippen LogP contribution in [0.4, 0.5) is 10.5 Å². The quantitative estimate of drug-likeness (QED) is 0.0950. The second-order valence-corrected chi connectivity index (χ2v) is 21.6. The van der Waals surface area contributed by atoms with Gasteiger partial charge in [0, 0.05) is 38.3 Å². The Kier molecular flexibility index (Phi) is 16.4. The second-order valence-electron chi connectivity index (χ2n) is 18.6. The highest BCUT2D eigenvalue weighted by atomic mass is 32.2. The van der Waals surface area contributed by atoms with E-state index in [0.717, 1.165) is 55.0 Å². The summed E-state index contributed by atoms with van der Waals surface area (Å²) in [6.45, 7) is 17.8. The van der Waals surface area contributed by atoms with E-state index in [1.54, 1.807) is 12.1 Å². The number of amides is 1. The Morgan fingerprint density at radius 2 is 1.63 bits per heavy atom. The predicted octanol–water partition coefficient (Wildman–Crippen LogP) is 8.81. The van der Waals surface area contributed by atoms with Crippen LogP contribution >= 0.6 is 7.82 Å². The number of alkyl carbamates (subject to hydrolysis) is 1. The van der Waals surface area contributed by atoms with Crippen molar-refractivity contribution in [1.29, 1.82) is 0 Å². The van der Waals surface area contributed by atoms with Crippen LogP contribution in [0.25, 0.3) is 10.8 Å². The van der Waals surface area contributed by atoms with Gasteiger partial charge in [0.2, 0.25) is 10.0 Å². The fraction of sp³-hybridized carbons (Fsp3) is 0.756. The first-order valence-electron chi connectivity index (χ1n) is 22.4. The Hall–Kier alpha value is -2.25. The van der Waals surface area contributed by atoms with Crippen LogP contribution in [-0.4, -0.2) is 88.7 Å². The largest absolute Gasteiger partial charge is 0.469 e. The molecular weight excluding hydrogens is 788 g/mol. The number of carbonyl (C=O) groups is 1. The Balaban J connectivity index is 0.000000867. The molecular formula is C45H75N4O8PS. The fourth-order valence-corrected chi connectivity index (χ4v) is 13.8. The molecule has 4 aliphatic carbocycles. The van der Waals surface area contributed by atoms with Gasteiger partial charge in [0.25, 0.3) is 0 Å². The van der Waals surface area contributed by atoms with Crippen LogP contribution in [0.15, 0.2) is 41.3 Å². The number of rotatable bonds is 16. The number of fused-ring (bicyclic) bond motifs is 6. The van der Waals surface area contributed by atoms with Gasteiger partial charge in [-0.15, -0.1) is 0 Å². The molecule has 6 rings (SSSR count). The summed E-state index contributed by atoms with van der Waals surface area (Å²) in [6.07, 6.45) is 11.1. The lowest BCUT2D eigenvalue weighted by atomic mass is 9.44. The Morgan fingerprint density at radius 1 is 0.932 bits per heavy atom. The molecule has 0 aromatic heterocycles. The van der Waals surface area contributed by atoms with E-state index in [-0.39, 0.29) is 36.1 Å². The van der Waals surface area contributed by atoms with Crippen molar-refractivity contribution in [1.82, 2.24) is 14.9 Å². The van der Waals surface area contributed by atoms with Crippen LogP contribution < -0.4 is 14.9 Å². The summed E-state index contributed by atoms with van der Waals surface area (Å²) in [5.74, 6) is 3.79. The number of sulfonamides is 1. The lowest BCUT2D eigenvalue weighted by molar-refractivity contribution is -0.129. The van der Waals surface area contributed by atoms with E-state index in [1.807, 2.05) is 43.3 Å². The Bertz CT molecular complexity index is 1850. The highest BCUT2D eigenvalue weighted by Gasteiger charge is 2.60. The molecule has 59 heavy (non-hydrogen) atoms. The van der Waals surface area contributed by atoms with E-state index in [1.165, 1.54) is 51.7 Å². The van der Waals surface area contributed by atoms with Crippen LogP contribution in [0.1, 0.15) is 112 Å². The number of nitrogens with one attached hydrogen (secondary N) is 2. The minimum absolute atomic E-state index is 0.0583. The Labute approximate surface area is 355 Å². The number of phosphoric acid groups is 1. The van der Waals surface area contributed by atoms with Crippen molar-refractivity contribution in [2.24, 2.45) is 46.3 Å². The highest BCUT2D eigenvalue weighted by Crippen LogP contribution is 2.68. The molecule has 4 aliphatic rings. The number of anilines is 1. The molecule has 4 N–H and O–H groups in total. The van der Waals surface area contributed by atoms with E-state index < -0.39 is 23.9 Å². The molecule has 0 heterocycles. The summed E-state index contributed by atoms with van der Waals surface area (Å²) in [7, 11) is -4.31. The minimum atomic E-state index is -4.41. The first-order valence-corrected chi connectivity index (χ1v) is 25.4. The van der Waals surface area contributed by atoms with Crippen LogP contribution in [0.2, 0.25) is 0 Å². The topological polar surface area (TPSA) is 158 Å². The molecule has 9 atom stereocenters. The lowest BCUT2D eigenvalue weighted by Gasteiger charge is -2.61. The summed E-state index contributed by atoms with van der Waals surface area (Å²) in [4.78, 5) is 35.5. The maximum Gasteiger partial charge on any atom is 0.469 e. The third-order valence-corrected chi connectivity index (χ3v) is 17.4. The number of phosphoric ester groups is 1. The van der Waals surface area contributed by atoms with Crippen LogP contribution in [0.3, 0.4) is 0 Å². The maximum atomic E-state index is 13.2. The third kappa shape index (κ3) is 11.4. The van der Waals surface area contributed by atoms with Crippen molar-refractivity contribution in [3.05, 3.63) is 36.4 Å². The number of hydrogen-bond acceptors (Lipinski definition) is 8. The molecule has 4 saturated carbocycles. The van der Waals surface area contributed by atoms with Crippen molar-refractivity contribution in [2.45, 2.75) is 123 Å². The summed E-state index contributed by atoms with van der Waals surface area (Å²) in [5.41, 5.74) is 1.55. The number of hydrogen-bond donors (Lipinski definition) is 4. The molecule has 12 nitrogen and oxygen atoms in total. The minimum Gasteiger partial charge on any atom is -0.446 e. The first-order chi connectivity index (χ1) is 27.9. The predicted molar refractivity (Wildman–Crippen MR) is 237 cm³/mol. The molecule has 1 amide bonds. The van der Waals surface area contributed by atoms with Gasteiger partial charge in [0.15, 0.2) is 0 Å². The number of nitrogens with zero attached hydrogens (tertiary/aromatic N) is 2. The van der Waals surface area contributed by atoms with E-state index in [0.29, 0.717) is 40.9 Å². The molecule has 9 unspecified atom stereocenters. The average molecular weight is 863 g/mol. The smallest absolute Gasteiger partial charge is 0.446 e. The molecule has 334 valence electrons. The monoisotopic (exact) mass is 863 g/mol. The van der Waals surface area contributed by atoms with E-state index in [4.69, 9.17) is 19.0 Å². The lowest BCUT2D eigenvalue weighted by Crippen LogP contribution is -2.54. The van der Waals surface area contributed by atoms with Crippen LogP contribution in [0.5, 0.6) is 0 Å². The van der Waals surface area contributed by atoms with E-state index >= 15 is 0 Å². The maximum absolute atomic E-state index is 13.2. The van der Waals surface area contributed by atoms with Crippen LogP contribution in [-0.2, 0) is 23.8 Å². The van der Waals surface area contributed by atoms with Crippen molar-refractivity contribution in [3.8, 4) is 0 Å². The van der Waals surface area contributed by atoms with Gasteiger partial charge in [-0.05, 0) is 160 Å². The van der Waals surface area contributed by atoms with E-state index in [2.05, 4.69) is 56.5 Å². The number of benzene rings is 2. The number of ether oxygens (including phenoxy) is 1. The standard InChI is InChI=1S/C39H60N3O8PS.C6H15N/c1-26(8-7-23-49-51(44,45)46)33-15-16-34-32-13-11-28-25-30(17-19-38(28,2)35(32)18-20-39(33,34)3)50-37(43)40-21-22-41-52(47,48)36-10-6-9-27-24-29(42(4)5)12-14-31(27)36;1-4-7(5-2)6-3/h6,9-10,12,14,24,26,28,30,32-35,41H,7-8,11,13,15-23,25H2,1-5H3,(H,40,43)(H2,44,45,46);4-6H2,1-3H3. The van der Waals surface area contributed by atoms with Gasteiger partial charge in [0.05, 0.1) is 11.5 Å². The molecule has 0 radical (unpaired) electrons. The average Bonchev–Trinajstić information content (AvgIpc) is 3.55. The second kappa shape index (κ2) is 20.3. The van der Waals surface area contributed by atoms with Gasteiger partial charge < -0.3 is 29.6 Å². The van der Waals surface area contributed by atoms with Crippen molar-refractivity contribution in [3.63, 3.8) is 0 Å². The molecule has 0 bridgehead atoms. The Morgan fingerprint density at radius 3 is 2.29 bits per heavy atom. The summed E-state index contributed by atoms with van der Waals surface area (Å²) < 4.78 is 50.8. The zero-order chi connectivity index (χ0) is 43.2. The van der Waals surface area contributed by atoms with Crippen molar-refractivity contribution in [2.75, 3.05) is 58.3 Å². The van der Waals surface area contributed by atoms with Crippen molar-refractivity contribution >= 4 is 40.4 Å². The van der Waals surface area contributed by atoms with Gasteiger partial charge in [-0.2, -0.15) is 0 Å². The molecule has 2 aromatic carbocycles. The normalized spacial score (nSPS) is 29.7. The number of carbonyl (C=O) groups excluding carboxylic acids is 1. The summed E-state index contributed by atoms with van der Waals surface area (Å²) in [6, 6.07) is 10.9. The fourth-order valence-electron chi connectivity index (χ4n) is 12.1. The van der Waals surface area contributed by atoms with Gasteiger partial charge in [-0.1, -0.05) is 59.7 Å². The summed E-state index contributed by atoms with van der Waals surface area (Å²) >= 11 is 0. The molecule has 14 heteroatoms. The molecule has 4 fully saturated rings. The zero-order valence-electron chi connectivity index (χ0n) is 37.1. The van der Waals surface area contributed by atoms with Gasteiger partial charge in [-0.3, -0.25) is 4.52 Å². The van der Waals surface area contributed by atoms with Gasteiger partial charge in [-0.25, -0.2) is 22.5 Å². The van der Waals surface area contributed by atoms with Crippen LogP contribution in [0, 0.1) is 46.3 Å². The molecule has 0 saturated heterocycles. The third-order valence-electron chi connectivity index (χ3n) is 15.4. The highest BCUT2D eigenvalue weighted by molar-refractivity contribution is 7.89. The van der Waals surface area contributed by atoms with Gasteiger partial charge in [0.1, 0.15) is 6.10 Å². The van der Waals surface area contributed by atoms with Gasteiger partial charge >= 0.3 is 13.9 Å². The molecule has 2 aromatic rings. The molecule has 0 aliphatic heterocycles. The van der Waals surface area contributed by atoms with Crippen molar-refractivity contribution < 1.29 is 36.8 Å². The summed E-state index contributed by atoms with van der Waals surface area (Å²) in [5, 5.41) is 4.26. The first kappa shape index (κ1) is 47.8. The van der Waals surface area contributed by atoms with E-state index in [9.17, 15) is 17.8 Å². The molecule has 0 spiro atoms. The SMILES string of the molecule is CC(CCCOP(=O)(O)O)C1CCC2C3CCC4CC(OC(=O)NCCNS(=O)(=O)c5cccc6cc(N(C)C)ccc56)CCC4(C)C3CCC12C.CCN(CC)CC. The zero-order valence-corrected chi connectivity index (χ0v) is 38.8.